The molecule has 0 atom stereocenters. The number of amides is 2. The highest BCUT2D eigenvalue weighted by Crippen LogP contribution is 2.12. The van der Waals surface area contributed by atoms with Gasteiger partial charge in [-0.15, -0.1) is 0 Å². The molecule has 2 amide bonds. The minimum Gasteiger partial charge on any atom is -0.480 e. The normalized spacial score (nSPS) is 10.0. The van der Waals surface area contributed by atoms with E-state index in [4.69, 9.17) is 5.11 Å². The molecule has 94 valence electrons. The van der Waals surface area contributed by atoms with Gasteiger partial charge in [-0.05, 0) is 11.4 Å². The molecule has 0 aliphatic rings. The summed E-state index contributed by atoms with van der Waals surface area (Å²) in [6.45, 7) is -0.242. The molecule has 2 heterocycles. The van der Waals surface area contributed by atoms with Gasteiger partial charge in [0.05, 0.1) is 17.6 Å². The number of hydrogen-bond acceptors (Lipinski definition) is 4. The van der Waals surface area contributed by atoms with Crippen molar-refractivity contribution in [1.82, 2.24) is 9.78 Å². The molecule has 0 unspecified atom stereocenters. The van der Waals surface area contributed by atoms with Gasteiger partial charge in [-0.3, -0.25) is 9.48 Å². The van der Waals surface area contributed by atoms with Gasteiger partial charge in [0, 0.05) is 11.6 Å². The highest BCUT2D eigenvalue weighted by Gasteiger charge is 2.06. The van der Waals surface area contributed by atoms with Crippen molar-refractivity contribution in [3.05, 3.63) is 29.2 Å². The van der Waals surface area contributed by atoms with Crippen LogP contribution in [0.3, 0.4) is 0 Å². The number of carbonyl (C=O) groups is 2. The molecule has 2 aromatic heterocycles. The first kappa shape index (κ1) is 12.1. The number of thiophene rings is 1. The van der Waals surface area contributed by atoms with Crippen molar-refractivity contribution in [3.63, 3.8) is 0 Å². The third-order valence-corrected chi connectivity index (χ3v) is 2.65. The van der Waals surface area contributed by atoms with Gasteiger partial charge in [-0.1, -0.05) is 0 Å². The van der Waals surface area contributed by atoms with Crippen LogP contribution >= 0.6 is 11.3 Å². The predicted octanol–water partition coefficient (Wildman–Crippen LogP) is 1.67. The van der Waals surface area contributed by atoms with E-state index < -0.39 is 12.0 Å². The third-order valence-electron chi connectivity index (χ3n) is 1.97. The average molecular weight is 266 g/mol. The molecule has 0 saturated heterocycles. The molecule has 0 bridgehead atoms. The van der Waals surface area contributed by atoms with Gasteiger partial charge in [0.1, 0.15) is 6.54 Å². The van der Waals surface area contributed by atoms with Crippen LogP contribution in [0, 0.1) is 0 Å². The van der Waals surface area contributed by atoms with Gasteiger partial charge in [-0.25, -0.2) is 4.79 Å². The predicted molar refractivity (Wildman–Crippen MR) is 66.8 cm³/mol. The number of carboxylic acids is 1. The molecule has 0 saturated carbocycles. The monoisotopic (exact) mass is 266 g/mol. The number of aromatic nitrogens is 2. The van der Waals surface area contributed by atoms with Crippen molar-refractivity contribution in [2.24, 2.45) is 0 Å². The van der Waals surface area contributed by atoms with Crippen molar-refractivity contribution in [1.29, 1.82) is 0 Å². The third kappa shape index (κ3) is 3.32. The Morgan fingerprint density at radius 2 is 2.17 bits per heavy atom. The minimum absolute atomic E-state index is 0.242. The summed E-state index contributed by atoms with van der Waals surface area (Å²) in [5.41, 5.74) is 1.14. The standard InChI is InChI=1S/C10H10N4O3S/c15-9(16)5-14-4-8(3-11-14)13-10(17)12-7-1-2-18-6-7/h1-4,6H,5H2,(H,15,16)(H2,12,13,17). The van der Waals surface area contributed by atoms with E-state index in [1.165, 1.54) is 28.4 Å². The quantitative estimate of drug-likeness (QED) is 0.784. The Morgan fingerprint density at radius 1 is 1.39 bits per heavy atom. The Kier molecular flexibility index (Phi) is 3.58. The lowest BCUT2D eigenvalue weighted by Gasteiger charge is -2.02. The zero-order valence-electron chi connectivity index (χ0n) is 9.16. The molecular formula is C10H10N4O3S. The summed E-state index contributed by atoms with van der Waals surface area (Å²) in [6, 6.07) is 1.38. The highest BCUT2D eigenvalue weighted by molar-refractivity contribution is 7.08. The SMILES string of the molecule is O=C(O)Cn1cc(NC(=O)Nc2ccsc2)cn1. The first-order valence-electron chi connectivity index (χ1n) is 4.98. The molecule has 18 heavy (non-hydrogen) atoms. The van der Waals surface area contributed by atoms with Gasteiger partial charge >= 0.3 is 12.0 Å². The summed E-state index contributed by atoms with van der Waals surface area (Å²) in [5.74, 6) is -0.993. The lowest BCUT2D eigenvalue weighted by molar-refractivity contribution is -0.137. The maximum absolute atomic E-state index is 11.5. The fourth-order valence-corrected chi connectivity index (χ4v) is 1.87. The molecule has 3 N–H and O–H groups in total. The number of nitrogens with zero attached hydrogens (tertiary/aromatic N) is 2. The average Bonchev–Trinajstić information content (AvgIpc) is 2.89. The lowest BCUT2D eigenvalue weighted by Crippen LogP contribution is -2.18. The topological polar surface area (TPSA) is 96.2 Å². The Hall–Kier alpha value is -2.35. The maximum atomic E-state index is 11.5. The summed E-state index contributed by atoms with van der Waals surface area (Å²) in [7, 11) is 0. The van der Waals surface area contributed by atoms with E-state index >= 15 is 0 Å². The van der Waals surface area contributed by atoms with E-state index in [1.54, 1.807) is 11.4 Å². The van der Waals surface area contributed by atoms with Crippen molar-refractivity contribution in [2.45, 2.75) is 6.54 Å². The van der Waals surface area contributed by atoms with Crippen LogP contribution in [0.25, 0.3) is 0 Å². The van der Waals surface area contributed by atoms with Crippen molar-refractivity contribution < 1.29 is 14.7 Å². The fourth-order valence-electron chi connectivity index (χ4n) is 1.28. The minimum atomic E-state index is -0.993. The molecule has 8 heteroatoms. The van der Waals surface area contributed by atoms with Crippen LogP contribution in [0.4, 0.5) is 16.2 Å². The Balaban J connectivity index is 1.91. The number of carbonyl (C=O) groups excluding carboxylic acids is 1. The van der Waals surface area contributed by atoms with Crippen LogP contribution in [-0.2, 0) is 11.3 Å². The van der Waals surface area contributed by atoms with Crippen molar-refractivity contribution >= 4 is 34.7 Å². The van der Waals surface area contributed by atoms with E-state index in [-0.39, 0.29) is 6.54 Å². The van der Waals surface area contributed by atoms with E-state index in [2.05, 4.69) is 15.7 Å². The van der Waals surface area contributed by atoms with Gasteiger partial charge in [-0.2, -0.15) is 16.4 Å². The highest BCUT2D eigenvalue weighted by atomic mass is 32.1. The van der Waals surface area contributed by atoms with Crippen LogP contribution < -0.4 is 10.6 Å². The Morgan fingerprint density at radius 3 is 2.83 bits per heavy atom. The summed E-state index contributed by atoms with van der Waals surface area (Å²) in [5, 5.41) is 21.2. The first-order valence-corrected chi connectivity index (χ1v) is 5.92. The van der Waals surface area contributed by atoms with E-state index in [1.807, 2.05) is 5.38 Å². The van der Waals surface area contributed by atoms with Gasteiger partial charge < -0.3 is 15.7 Å². The second kappa shape index (κ2) is 5.32. The molecular weight excluding hydrogens is 256 g/mol. The van der Waals surface area contributed by atoms with Gasteiger partial charge in [0.2, 0.25) is 0 Å². The zero-order valence-corrected chi connectivity index (χ0v) is 9.98. The molecule has 0 aromatic carbocycles. The van der Waals surface area contributed by atoms with Crippen LogP contribution in [0.15, 0.2) is 29.2 Å². The smallest absolute Gasteiger partial charge is 0.325 e. The van der Waals surface area contributed by atoms with Crippen LogP contribution in [0.1, 0.15) is 0 Å². The number of anilines is 2. The molecule has 0 radical (unpaired) electrons. The number of nitrogens with one attached hydrogen (secondary N) is 2. The Bertz CT molecular complexity index is 549. The van der Waals surface area contributed by atoms with Gasteiger partial charge in [0.15, 0.2) is 0 Å². The number of rotatable bonds is 4. The number of aliphatic carboxylic acids is 1. The summed E-state index contributed by atoms with van der Waals surface area (Å²) < 4.78 is 1.22. The lowest BCUT2D eigenvalue weighted by atomic mass is 10.5. The van der Waals surface area contributed by atoms with Gasteiger partial charge in [0.25, 0.3) is 0 Å². The van der Waals surface area contributed by atoms with Crippen LogP contribution in [-0.4, -0.2) is 26.9 Å². The zero-order chi connectivity index (χ0) is 13.0. The molecule has 7 nitrogen and oxygen atoms in total. The molecule has 0 fully saturated rings. The second-order valence-electron chi connectivity index (χ2n) is 3.41. The van der Waals surface area contributed by atoms with E-state index in [0.717, 1.165) is 0 Å². The number of urea groups is 1. The molecule has 0 aliphatic heterocycles. The molecule has 2 aromatic rings. The largest absolute Gasteiger partial charge is 0.480 e. The van der Waals surface area contributed by atoms with E-state index in [9.17, 15) is 9.59 Å². The summed E-state index contributed by atoms with van der Waals surface area (Å²) in [6.07, 6.45) is 2.83. The summed E-state index contributed by atoms with van der Waals surface area (Å²) >= 11 is 1.47. The number of hydrogen-bond donors (Lipinski definition) is 3. The summed E-state index contributed by atoms with van der Waals surface area (Å²) in [4.78, 5) is 22.0. The second-order valence-corrected chi connectivity index (χ2v) is 4.19. The Labute approximate surface area is 106 Å². The number of carboxylic acid groups (broad SMARTS) is 1. The fraction of sp³-hybridized carbons (Fsp3) is 0.100. The van der Waals surface area contributed by atoms with Crippen molar-refractivity contribution in [3.8, 4) is 0 Å². The molecule has 0 aliphatic carbocycles. The van der Waals surface area contributed by atoms with Crippen LogP contribution in [0.2, 0.25) is 0 Å². The van der Waals surface area contributed by atoms with Crippen LogP contribution in [0.5, 0.6) is 0 Å². The van der Waals surface area contributed by atoms with E-state index in [0.29, 0.717) is 11.4 Å². The molecule has 0 spiro atoms. The first-order chi connectivity index (χ1) is 8.63. The van der Waals surface area contributed by atoms with Crippen molar-refractivity contribution in [2.75, 3.05) is 10.6 Å². The maximum Gasteiger partial charge on any atom is 0.325 e. The molecule has 2 rings (SSSR count).